The van der Waals surface area contributed by atoms with Crippen LogP contribution in [0.4, 0.5) is 5.69 Å². The standard InChI is InChI=1S/C22H27N3O2S/c1-15-6-4-9-20(16(15)2)24-22(28)25-12-10-18(11-13-25)23-21(26)17-7-5-8-19(14-17)27-3/h4-9,14,18H,10-13H2,1-3H3,(H,23,26)(H,24,28). The van der Waals surface area contributed by atoms with E-state index in [4.69, 9.17) is 17.0 Å². The molecule has 0 unspecified atom stereocenters. The summed E-state index contributed by atoms with van der Waals surface area (Å²) in [7, 11) is 1.60. The molecule has 0 atom stereocenters. The quantitative estimate of drug-likeness (QED) is 0.767. The zero-order valence-electron chi connectivity index (χ0n) is 16.6. The largest absolute Gasteiger partial charge is 0.497 e. The highest BCUT2D eigenvalue weighted by atomic mass is 32.1. The highest BCUT2D eigenvalue weighted by Crippen LogP contribution is 2.20. The van der Waals surface area contributed by atoms with E-state index >= 15 is 0 Å². The second-order valence-corrected chi connectivity index (χ2v) is 7.53. The zero-order valence-corrected chi connectivity index (χ0v) is 17.4. The average Bonchev–Trinajstić information content (AvgIpc) is 2.72. The van der Waals surface area contributed by atoms with E-state index in [1.165, 1.54) is 11.1 Å². The van der Waals surface area contributed by atoms with Crippen molar-refractivity contribution in [3.63, 3.8) is 0 Å². The summed E-state index contributed by atoms with van der Waals surface area (Å²) < 4.78 is 5.19. The number of ether oxygens (including phenoxy) is 1. The number of thiocarbonyl (C=S) groups is 1. The van der Waals surface area contributed by atoms with Crippen LogP contribution >= 0.6 is 12.2 Å². The molecule has 1 amide bonds. The van der Waals surface area contributed by atoms with Gasteiger partial charge >= 0.3 is 0 Å². The lowest BCUT2D eigenvalue weighted by atomic mass is 10.0. The molecule has 1 fully saturated rings. The Labute approximate surface area is 172 Å². The number of carbonyl (C=O) groups is 1. The molecule has 2 N–H and O–H groups in total. The van der Waals surface area contributed by atoms with Crippen molar-refractivity contribution < 1.29 is 9.53 Å². The van der Waals surface area contributed by atoms with E-state index in [1.807, 2.05) is 18.2 Å². The van der Waals surface area contributed by atoms with Crippen LogP contribution in [0.1, 0.15) is 34.3 Å². The van der Waals surface area contributed by atoms with Gasteiger partial charge in [-0.05, 0) is 74.3 Å². The number of amides is 1. The minimum atomic E-state index is -0.0616. The smallest absolute Gasteiger partial charge is 0.251 e. The van der Waals surface area contributed by atoms with Crippen LogP contribution in [0.2, 0.25) is 0 Å². The molecule has 0 radical (unpaired) electrons. The minimum Gasteiger partial charge on any atom is -0.497 e. The van der Waals surface area contributed by atoms with E-state index in [0.717, 1.165) is 36.7 Å². The minimum absolute atomic E-state index is 0.0616. The van der Waals surface area contributed by atoms with Crippen molar-refractivity contribution in [1.29, 1.82) is 0 Å². The Morgan fingerprint density at radius 2 is 1.86 bits per heavy atom. The molecule has 1 saturated heterocycles. The van der Waals surface area contributed by atoms with Crippen LogP contribution in [0.3, 0.4) is 0 Å². The molecule has 0 aliphatic carbocycles. The van der Waals surface area contributed by atoms with Gasteiger partial charge < -0.3 is 20.3 Å². The number of nitrogens with zero attached hydrogens (tertiary/aromatic N) is 1. The van der Waals surface area contributed by atoms with Gasteiger partial charge in [0.25, 0.3) is 5.91 Å². The topological polar surface area (TPSA) is 53.6 Å². The molecule has 0 aromatic heterocycles. The van der Waals surface area contributed by atoms with Crippen molar-refractivity contribution in [3.05, 3.63) is 59.2 Å². The first-order valence-electron chi connectivity index (χ1n) is 9.55. The molecule has 2 aromatic carbocycles. The molecule has 1 heterocycles. The van der Waals surface area contributed by atoms with Crippen molar-refractivity contribution in [2.75, 3.05) is 25.5 Å². The number of likely N-dealkylation sites (tertiary alicyclic amines) is 1. The molecular weight excluding hydrogens is 370 g/mol. The van der Waals surface area contributed by atoms with E-state index in [9.17, 15) is 4.79 Å². The van der Waals surface area contributed by atoms with Gasteiger partial charge in [-0.2, -0.15) is 0 Å². The Bertz CT molecular complexity index is 861. The summed E-state index contributed by atoms with van der Waals surface area (Å²) in [5, 5.41) is 7.24. The monoisotopic (exact) mass is 397 g/mol. The van der Waals surface area contributed by atoms with E-state index in [0.29, 0.717) is 11.3 Å². The summed E-state index contributed by atoms with van der Waals surface area (Å²) in [6.07, 6.45) is 1.73. The number of rotatable bonds is 4. The third-order valence-corrected chi connectivity index (χ3v) is 5.66. The van der Waals surface area contributed by atoms with Crippen LogP contribution in [0.15, 0.2) is 42.5 Å². The normalized spacial score (nSPS) is 14.5. The Balaban J connectivity index is 1.52. The van der Waals surface area contributed by atoms with E-state index < -0.39 is 0 Å². The molecule has 5 nitrogen and oxygen atoms in total. The molecule has 1 aliphatic heterocycles. The fourth-order valence-electron chi connectivity index (χ4n) is 3.34. The summed E-state index contributed by atoms with van der Waals surface area (Å²) in [5.74, 6) is 0.624. The van der Waals surface area contributed by atoms with Crippen LogP contribution in [-0.4, -0.2) is 42.2 Å². The second-order valence-electron chi connectivity index (χ2n) is 7.14. The average molecular weight is 398 g/mol. The van der Waals surface area contributed by atoms with Crippen molar-refractivity contribution in [2.45, 2.75) is 32.7 Å². The molecule has 148 valence electrons. The third kappa shape index (κ3) is 4.81. The Kier molecular flexibility index (Phi) is 6.52. The third-order valence-electron chi connectivity index (χ3n) is 5.30. The van der Waals surface area contributed by atoms with Crippen LogP contribution in [0, 0.1) is 13.8 Å². The maximum atomic E-state index is 12.5. The number of methoxy groups -OCH3 is 1. The maximum Gasteiger partial charge on any atom is 0.251 e. The van der Waals surface area contributed by atoms with Gasteiger partial charge in [-0.3, -0.25) is 4.79 Å². The number of anilines is 1. The predicted octanol–water partition coefficient (Wildman–Crippen LogP) is 3.90. The summed E-state index contributed by atoms with van der Waals surface area (Å²) in [6.45, 7) is 5.83. The number of hydrogen-bond acceptors (Lipinski definition) is 3. The fraction of sp³-hybridized carbons (Fsp3) is 0.364. The van der Waals surface area contributed by atoms with E-state index in [-0.39, 0.29) is 11.9 Å². The number of benzene rings is 2. The molecule has 2 aromatic rings. The van der Waals surface area contributed by atoms with E-state index in [2.05, 4.69) is 41.5 Å². The number of carbonyl (C=O) groups excluding carboxylic acids is 1. The van der Waals surface area contributed by atoms with Gasteiger partial charge in [0.2, 0.25) is 0 Å². The Hall–Kier alpha value is -2.60. The Morgan fingerprint density at radius 3 is 2.57 bits per heavy atom. The predicted molar refractivity (Wildman–Crippen MR) is 117 cm³/mol. The first kappa shape index (κ1) is 20.1. The number of piperidine rings is 1. The molecule has 3 rings (SSSR count). The van der Waals surface area contributed by atoms with Gasteiger partial charge in [0, 0.05) is 30.4 Å². The summed E-state index contributed by atoms with van der Waals surface area (Å²) in [5.41, 5.74) is 4.13. The lowest BCUT2D eigenvalue weighted by Crippen LogP contribution is -2.47. The van der Waals surface area contributed by atoms with Gasteiger partial charge in [0.1, 0.15) is 5.75 Å². The van der Waals surface area contributed by atoms with Crippen LogP contribution < -0.4 is 15.4 Å². The van der Waals surface area contributed by atoms with Crippen molar-refractivity contribution >= 4 is 28.9 Å². The Morgan fingerprint density at radius 1 is 1.14 bits per heavy atom. The van der Waals surface area contributed by atoms with E-state index in [1.54, 1.807) is 19.2 Å². The van der Waals surface area contributed by atoms with Crippen LogP contribution in [0.25, 0.3) is 0 Å². The van der Waals surface area contributed by atoms with Gasteiger partial charge in [-0.25, -0.2) is 0 Å². The van der Waals surface area contributed by atoms with Gasteiger partial charge in [-0.15, -0.1) is 0 Å². The first-order chi connectivity index (χ1) is 13.5. The summed E-state index contributed by atoms with van der Waals surface area (Å²) in [6, 6.07) is 13.6. The molecule has 6 heteroatoms. The lowest BCUT2D eigenvalue weighted by molar-refractivity contribution is 0.0922. The van der Waals surface area contributed by atoms with Crippen LogP contribution in [-0.2, 0) is 0 Å². The number of nitrogens with one attached hydrogen (secondary N) is 2. The SMILES string of the molecule is COc1cccc(C(=O)NC2CCN(C(=S)Nc3cccc(C)c3C)CC2)c1. The summed E-state index contributed by atoms with van der Waals surface area (Å²) in [4.78, 5) is 14.7. The maximum absolute atomic E-state index is 12.5. The van der Waals surface area contributed by atoms with Gasteiger partial charge in [0.15, 0.2) is 5.11 Å². The number of hydrogen-bond donors (Lipinski definition) is 2. The lowest BCUT2D eigenvalue weighted by Gasteiger charge is -2.34. The van der Waals surface area contributed by atoms with Crippen LogP contribution in [0.5, 0.6) is 5.75 Å². The zero-order chi connectivity index (χ0) is 20.1. The molecule has 28 heavy (non-hydrogen) atoms. The molecule has 0 bridgehead atoms. The van der Waals surface area contributed by atoms with Gasteiger partial charge in [-0.1, -0.05) is 18.2 Å². The highest BCUT2D eigenvalue weighted by Gasteiger charge is 2.23. The molecular formula is C22H27N3O2S. The van der Waals surface area contributed by atoms with Crippen molar-refractivity contribution in [3.8, 4) is 5.75 Å². The molecule has 1 aliphatic rings. The fourth-order valence-corrected chi connectivity index (χ4v) is 3.63. The molecule has 0 spiro atoms. The molecule has 0 saturated carbocycles. The van der Waals surface area contributed by atoms with Gasteiger partial charge in [0.05, 0.1) is 7.11 Å². The summed E-state index contributed by atoms with van der Waals surface area (Å²) >= 11 is 5.60. The van der Waals surface area contributed by atoms with Crippen molar-refractivity contribution in [1.82, 2.24) is 10.2 Å². The first-order valence-corrected chi connectivity index (χ1v) is 9.96. The number of aryl methyl sites for hydroxylation is 1. The second kappa shape index (κ2) is 9.06. The van der Waals surface area contributed by atoms with Crippen molar-refractivity contribution in [2.24, 2.45) is 0 Å². The highest BCUT2D eigenvalue weighted by molar-refractivity contribution is 7.80.